The van der Waals surface area contributed by atoms with Crippen molar-refractivity contribution >= 4 is 56.8 Å². The van der Waals surface area contributed by atoms with Crippen molar-refractivity contribution in [3.63, 3.8) is 0 Å². The van der Waals surface area contributed by atoms with Crippen molar-refractivity contribution in [1.29, 1.82) is 0 Å². The van der Waals surface area contributed by atoms with Gasteiger partial charge in [0.25, 0.3) is 11.1 Å². The summed E-state index contributed by atoms with van der Waals surface area (Å²) in [6, 6.07) is 3.21. The molecule has 33 heavy (non-hydrogen) atoms. The molecule has 0 aliphatic carbocycles. The van der Waals surface area contributed by atoms with Gasteiger partial charge in [-0.1, -0.05) is 22.9 Å². The lowest BCUT2D eigenvalue weighted by molar-refractivity contribution is -0.143. The van der Waals surface area contributed by atoms with Crippen molar-refractivity contribution in [3.8, 4) is 11.5 Å². The molecular formula is C22H25BrN2O7S. The summed E-state index contributed by atoms with van der Waals surface area (Å²) in [6.07, 6.45) is 3.39. The van der Waals surface area contributed by atoms with Crippen molar-refractivity contribution in [2.45, 2.75) is 19.8 Å². The van der Waals surface area contributed by atoms with E-state index in [2.05, 4.69) is 27.6 Å². The molecule has 0 radical (unpaired) electrons. The summed E-state index contributed by atoms with van der Waals surface area (Å²) in [4.78, 5) is 52.1. The van der Waals surface area contributed by atoms with Gasteiger partial charge < -0.3 is 19.1 Å². The number of esters is 1. The summed E-state index contributed by atoms with van der Waals surface area (Å²) in [6.45, 7) is 2.88. The Labute approximate surface area is 204 Å². The molecule has 1 aromatic carbocycles. The first-order chi connectivity index (χ1) is 15.7. The minimum atomic E-state index is -0.542. The van der Waals surface area contributed by atoms with Crippen LogP contribution in [0.1, 0.15) is 25.3 Å². The number of hydrogen-bond acceptors (Lipinski definition) is 8. The van der Waals surface area contributed by atoms with Gasteiger partial charge in [0.15, 0.2) is 18.1 Å². The number of benzene rings is 1. The van der Waals surface area contributed by atoms with Gasteiger partial charge in [-0.3, -0.25) is 19.3 Å². The van der Waals surface area contributed by atoms with Crippen LogP contribution in [0.15, 0.2) is 21.5 Å². The van der Waals surface area contributed by atoms with Crippen LogP contribution in [-0.4, -0.2) is 73.3 Å². The van der Waals surface area contributed by atoms with Gasteiger partial charge >= 0.3 is 5.97 Å². The Kier molecular flexibility index (Phi) is 8.41. The number of carbonyl (C=O) groups is 4. The Morgan fingerprint density at radius 3 is 2.52 bits per heavy atom. The molecule has 2 aliphatic heterocycles. The Morgan fingerprint density at radius 2 is 1.88 bits per heavy atom. The lowest BCUT2D eigenvalue weighted by atomic mass is 9.99. The molecule has 0 atom stereocenters. The maximum atomic E-state index is 12.9. The number of piperidine rings is 1. The smallest absolute Gasteiger partial charge is 0.343 e. The number of thioether (sulfide) groups is 1. The van der Waals surface area contributed by atoms with E-state index in [1.807, 2.05) is 0 Å². The Hall–Kier alpha value is -2.53. The fourth-order valence-corrected chi connectivity index (χ4v) is 4.67. The fraction of sp³-hybridized carbons (Fsp3) is 0.455. The number of amides is 3. The molecule has 2 fully saturated rings. The van der Waals surface area contributed by atoms with E-state index in [4.69, 9.17) is 9.47 Å². The number of imide groups is 1. The molecule has 9 nitrogen and oxygen atoms in total. The lowest BCUT2D eigenvalue weighted by Crippen LogP contribution is -2.45. The minimum absolute atomic E-state index is 0.200. The van der Waals surface area contributed by atoms with Crippen LogP contribution >= 0.6 is 27.7 Å². The van der Waals surface area contributed by atoms with Crippen LogP contribution in [0.2, 0.25) is 0 Å². The number of likely N-dealkylation sites (tertiary alicyclic amines) is 1. The minimum Gasteiger partial charge on any atom is -0.493 e. The average molecular weight is 541 g/mol. The molecular weight excluding hydrogens is 516 g/mol. The average Bonchev–Trinajstić information content (AvgIpc) is 3.06. The summed E-state index contributed by atoms with van der Waals surface area (Å²) in [7, 11) is 2.70. The number of ether oxygens (including phenoxy) is 3. The molecule has 3 amide bonds. The second-order valence-corrected chi connectivity index (χ2v) is 9.57. The van der Waals surface area contributed by atoms with Crippen LogP contribution in [0, 0.1) is 5.92 Å². The van der Waals surface area contributed by atoms with Crippen LogP contribution in [0.3, 0.4) is 0 Å². The van der Waals surface area contributed by atoms with Gasteiger partial charge in [0.2, 0.25) is 5.91 Å². The Bertz CT molecular complexity index is 989. The highest BCUT2D eigenvalue weighted by molar-refractivity contribution is 9.10. The number of methoxy groups -OCH3 is 2. The molecule has 1 aromatic rings. The van der Waals surface area contributed by atoms with Gasteiger partial charge in [0.05, 0.1) is 19.1 Å². The third kappa shape index (κ3) is 6.08. The molecule has 0 spiro atoms. The summed E-state index contributed by atoms with van der Waals surface area (Å²) < 4.78 is 15.9. The second kappa shape index (κ2) is 11.1. The monoisotopic (exact) mass is 540 g/mol. The summed E-state index contributed by atoms with van der Waals surface area (Å²) in [5.41, 5.74) is 0.569. The zero-order valence-corrected chi connectivity index (χ0v) is 21.0. The summed E-state index contributed by atoms with van der Waals surface area (Å²) in [5, 5.41) is -0.480. The second-order valence-electron chi connectivity index (χ2n) is 7.72. The molecule has 178 valence electrons. The normalized spacial score (nSPS) is 18.1. The zero-order valence-electron chi connectivity index (χ0n) is 18.6. The maximum Gasteiger partial charge on any atom is 0.343 e. The Morgan fingerprint density at radius 1 is 1.18 bits per heavy atom. The fourth-order valence-electron chi connectivity index (χ4n) is 3.40. The number of halogens is 1. The summed E-state index contributed by atoms with van der Waals surface area (Å²) in [5.74, 6) is -0.0639. The SMILES string of the molecule is COC(=O)COc1cc(Br)c(/C=C2/SC(=O)N(CC(=O)N3CCC(C)CC3)C2=O)cc1OC. The Balaban J connectivity index is 1.74. The van der Waals surface area contributed by atoms with Gasteiger partial charge in [-0.05, 0) is 54.3 Å². The van der Waals surface area contributed by atoms with E-state index in [0.717, 1.165) is 29.5 Å². The van der Waals surface area contributed by atoms with Crippen LogP contribution in [-0.2, 0) is 19.1 Å². The number of nitrogens with zero attached hydrogens (tertiary/aromatic N) is 2. The predicted molar refractivity (Wildman–Crippen MR) is 126 cm³/mol. The van der Waals surface area contributed by atoms with Crippen LogP contribution in [0.4, 0.5) is 4.79 Å². The van der Waals surface area contributed by atoms with Gasteiger partial charge in [-0.2, -0.15) is 0 Å². The molecule has 2 heterocycles. The van der Waals surface area contributed by atoms with Crippen LogP contribution in [0.25, 0.3) is 6.08 Å². The first-order valence-electron chi connectivity index (χ1n) is 10.3. The van der Waals surface area contributed by atoms with Crippen molar-refractivity contribution in [3.05, 3.63) is 27.1 Å². The molecule has 11 heteroatoms. The zero-order chi connectivity index (χ0) is 24.1. The third-order valence-electron chi connectivity index (χ3n) is 5.45. The quantitative estimate of drug-likeness (QED) is 0.383. The first kappa shape index (κ1) is 25.1. The number of carbonyl (C=O) groups excluding carboxylic acids is 4. The molecule has 2 aliphatic rings. The molecule has 0 aromatic heterocycles. The summed E-state index contributed by atoms with van der Waals surface area (Å²) >= 11 is 4.20. The van der Waals surface area contributed by atoms with Crippen molar-refractivity contribution < 1.29 is 33.4 Å². The maximum absolute atomic E-state index is 12.9. The van der Waals surface area contributed by atoms with E-state index in [-0.39, 0.29) is 24.0 Å². The van der Waals surface area contributed by atoms with Crippen LogP contribution < -0.4 is 9.47 Å². The molecule has 3 rings (SSSR count). The van der Waals surface area contributed by atoms with E-state index in [1.165, 1.54) is 14.2 Å². The number of rotatable bonds is 7. The molecule has 2 saturated heterocycles. The highest BCUT2D eigenvalue weighted by Gasteiger charge is 2.37. The standard InChI is InChI=1S/C22H25BrN2O7S/c1-13-4-6-24(7-5-13)19(26)11-25-21(28)18(33-22(25)29)9-14-8-16(30-2)17(10-15(14)23)32-12-20(27)31-3/h8-10,13H,4-7,11-12H2,1-3H3/b18-9+. The van der Waals surface area contributed by atoms with Crippen molar-refractivity contribution in [2.75, 3.05) is 40.5 Å². The molecule has 0 N–H and O–H groups in total. The van der Waals surface area contributed by atoms with E-state index < -0.39 is 17.1 Å². The van der Waals surface area contributed by atoms with Crippen molar-refractivity contribution in [1.82, 2.24) is 9.80 Å². The van der Waals surface area contributed by atoms with Gasteiger partial charge in [-0.15, -0.1) is 0 Å². The van der Waals surface area contributed by atoms with E-state index in [9.17, 15) is 19.2 Å². The van der Waals surface area contributed by atoms with Crippen LogP contribution in [0.5, 0.6) is 11.5 Å². The van der Waals surface area contributed by atoms with Crippen molar-refractivity contribution in [2.24, 2.45) is 5.92 Å². The highest BCUT2D eigenvalue weighted by Crippen LogP contribution is 2.38. The molecule has 0 bridgehead atoms. The van der Waals surface area contributed by atoms with E-state index in [0.29, 0.717) is 40.5 Å². The topological polar surface area (TPSA) is 102 Å². The highest BCUT2D eigenvalue weighted by atomic mass is 79.9. The first-order valence-corrected chi connectivity index (χ1v) is 11.9. The molecule has 0 saturated carbocycles. The lowest BCUT2D eigenvalue weighted by Gasteiger charge is -2.31. The molecule has 0 unspecified atom stereocenters. The van der Waals surface area contributed by atoms with E-state index >= 15 is 0 Å². The van der Waals surface area contributed by atoms with Gasteiger partial charge in [0.1, 0.15) is 6.54 Å². The van der Waals surface area contributed by atoms with Gasteiger partial charge in [-0.25, -0.2) is 4.79 Å². The number of hydrogen-bond donors (Lipinski definition) is 0. The third-order valence-corrected chi connectivity index (χ3v) is 7.04. The predicted octanol–water partition coefficient (Wildman–Crippen LogP) is 3.30. The van der Waals surface area contributed by atoms with E-state index in [1.54, 1.807) is 23.1 Å². The van der Waals surface area contributed by atoms with Gasteiger partial charge in [0, 0.05) is 17.6 Å². The largest absolute Gasteiger partial charge is 0.493 e.